The molecule has 0 radical (unpaired) electrons. The fraction of sp³-hybridized carbons (Fsp3) is 0.167. The molecule has 0 unspecified atom stereocenters. The van der Waals surface area contributed by atoms with Crippen molar-refractivity contribution < 1.29 is 8.42 Å². The lowest BCUT2D eigenvalue weighted by Crippen LogP contribution is -2.15. The van der Waals surface area contributed by atoms with Gasteiger partial charge in [-0.25, -0.2) is 4.98 Å². The van der Waals surface area contributed by atoms with E-state index < -0.39 is 10.0 Å². The summed E-state index contributed by atoms with van der Waals surface area (Å²) in [7, 11) is -3.72. The number of aryl methyl sites for hydroxylation is 1. The fourth-order valence-corrected chi connectivity index (χ4v) is 3.37. The maximum atomic E-state index is 12.2. The molecule has 1 aromatic carbocycles. The third kappa shape index (κ3) is 3.60. The summed E-state index contributed by atoms with van der Waals surface area (Å²) in [6, 6.07) is 4.90. The first kappa shape index (κ1) is 15.9. The van der Waals surface area contributed by atoms with Gasteiger partial charge in [-0.3, -0.25) is 4.72 Å². The summed E-state index contributed by atoms with van der Waals surface area (Å²) >= 11 is 8.16. The predicted octanol–water partition coefficient (Wildman–Crippen LogP) is 2.17. The summed E-state index contributed by atoms with van der Waals surface area (Å²) in [5.41, 5.74) is 6.57. The van der Waals surface area contributed by atoms with Crippen LogP contribution in [0.25, 0.3) is 0 Å². The second-order valence-corrected chi connectivity index (χ2v) is 7.16. The molecule has 0 saturated carbocycles. The van der Waals surface area contributed by atoms with Crippen LogP contribution in [-0.2, 0) is 16.4 Å². The topological polar surface area (TPSA) is 101 Å². The van der Waals surface area contributed by atoms with Crippen LogP contribution in [0.15, 0.2) is 33.9 Å². The Morgan fingerprint density at radius 1 is 1.52 bits per heavy atom. The summed E-state index contributed by atoms with van der Waals surface area (Å²) in [6.07, 6.45) is 1.92. The van der Waals surface area contributed by atoms with Crippen LogP contribution in [0.5, 0.6) is 0 Å². The molecular weight excluding hydrogens is 376 g/mol. The van der Waals surface area contributed by atoms with Crippen LogP contribution >= 0.6 is 28.1 Å². The second kappa shape index (κ2) is 6.12. The number of nitrogens with one attached hydrogen (secondary N) is 2. The van der Waals surface area contributed by atoms with Gasteiger partial charge in [0.15, 0.2) is 5.03 Å². The lowest BCUT2D eigenvalue weighted by atomic mass is 10.2. The van der Waals surface area contributed by atoms with E-state index in [1.165, 1.54) is 6.20 Å². The number of H-pyrrole nitrogens is 1. The largest absolute Gasteiger partial charge is 0.389 e. The Hall–Kier alpha value is -1.45. The average molecular weight is 389 g/mol. The molecule has 0 fully saturated rings. The number of rotatable bonds is 5. The van der Waals surface area contributed by atoms with Gasteiger partial charge in [0, 0.05) is 16.5 Å². The summed E-state index contributed by atoms with van der Waals surface area (Å²) < 4.78 is 27.5. The summed E-state index contributed by atoms with van der Waals surface area (Å²) in [5, 5.41) is 0.0182. The monoisotopic (exact) mass is 388 g/mol. The number of anilines is 1. The van der Waals surface area contributed by atoms with E-state index in [-0.39, 0.29) is 10.0 Å². The highest BCUT2D eigenvalue weighted by Gasteiger charge is 2.18. The second-order valence-electron chi connectivity index (χ2n) is 4.21. The molecule has 6 nitrogen and oxygen atoms in total. The van der Waals surface area contributed by atoms with Crippen LogP contribution in [0.4, 0.5) is 5.69 Å². The van der Waals surface area contributed by atoms with Crippen molar-refractivity contribution >= 4 is 48.8 Å². The number of benzene rings is 1. The molecule has 0 aliphatic carbocycles. The molecular formula is C12H13BrN4O2S2. The van der Waals surface area contributed by atoms with Crippen molar-refractivity contribution in [3.05, 3.63) is 40.3 Å². The van der Waals surface area contributed by atoms with E-state index in [2.05, 4.69) is 30.6 Å². The highest BCUT2D eigenvalue weighted by molar-refractivity contribution is 9.10. The van der Waals surface area contributed by atoms with Gasteiger partial charge < -0.3 is 10.7 Å². The van der Waals surface area contributed by atoms with Crippen molar-refractivity contribution in [3.8, 4) is 0 Å². The van der Waals surface area contributed by atoms with Crippen LogP contribution in [0.2, 0.25) is 0 Å². The van der Waals surface area contributed by atoms with Gasteiger partial charge in [0.1, 0.15) is 10.8 Å². The van der Waals surface area contributed by atoms with Crippen molar-refractivity contribution in [3.63, 3.8) is 0 Å². The van der Waals surface area contributed by atoms with Crippen molar-refractivity contribution in [1.29, 1.82) is 0 Å². The Morgan fingerprint density at radius 2 is 2.24 bits per heavy atom. The molecule has 0 aliphatic heterocycles. The third-order valence-corrected chi connectivity index (χ3v) is 4.89. The molecule has 0 amide bonds. The zero-order valence-corrected chi connectivity index (χ0v) is 14.3. The normalized spacial score (nSPS) is 11.3. The van der Waals surface area contributed by atoms with Crippen LogP contribution in [0.3, 0.4) is 0 Å². The van der Waals surface area contributed by atoms with Crippen LogP contribution < -0.4 is 10.5 Å². The van der Waals surface area contributed by atoms with Gasteiger partial charge in [0.2, 0.25) is 0 Å². The molecule has 0 saturated heterocycles. The first-order valence-corrected chi connectivity index (χ1v) is 8.68. The number of hydrogen-bond donors (Lipinski definition) is 3. The number of aromatic amines is 1. The van der Waals surface area contributed by atoms with Crippen LogP contribution in [-0.4, -0.2) is 23.4 Å². The average Bonchev–Trinajstić information content (AvgIpc) is 2.90. The predicted molar refractivity (Wildman–Crippen MR) is 88.8 cm³/mol. The van der Waals surface area contributed by atoms with Crippen LogP contribution in [0, 0.1) is 0 Å². The summed E-state index contributed by atoms with van der Waals surface area (Å²) in [6.45, 7) is 1.88. The van der Waals surface area contributed by atoms with Crippen LogP contribution in [0.1, 0.15) is 18.3 Å². The zero-order valence-electron chi connectivity index (χ0n) is 11.1. The molecule has 4 N–H and O–H groups in total. The highest BCUT2D eigenvalue weighted by atomic mass is 79.9. The number of thiocarbonyl (C=S) groups is 1. The quantitative estimate of drug-likeness (QED) is 0.681. The number of nitrogens with zero attached hydrogens (tertiary/aromatic N) is 1. The summed E-state index contributed by atoms with van der Waals surface area (Å²) in [5.74, 6) is 0.610. The lowest BCUT2D eigenvalue weighted by Gasteiger charge is -2.09. The Kier molecular flexibility index (Phi) is 4.64. The van der Waals surface area contributed by atoms with Gasteiger partial charge in [-0.2, -0.15) is 8.42 Å². The molecule has 9 heteroatoms. The van der Waals surface area contributed by atoms with Crippen molar-refractivity contribution in [2.24, 2.45) is 5.73 Å². The molecule has 2 aromatic rings. The Morgan fingerprint density at radius 3 is 2.76 bits per heavy atom. The van der Waals surface area contributed by atoms with Gasteiger partial charge in [0.25, 0.3) is 10.0 Å². The van der Waals surface area contributed by atoms with Crippen molar-refractivity contribution in [2.45, 2.75) is 18.4 Å². The lowest BCUT2D eigenvalue weighted by molar-refractivity contribution is 0.598. The Labute approximate surface area is 136 Å². The smallest absolute Gasteiger partial charge is 0.279 e. The first-order chi connectivity index (χ1) is 9.83. The van der Waals surface area contributed by atoms with E-state index in [1.807, 2.05) is 6.92 Å². The van der Waals surface area contributed by atoms with Gasteiger partial charge in [-0.05, 0) is 34.1 Å². The molecule has 0 bridgehead atoms. The minimum atomic E-state index is -3.72. The molecule has 21 heavy (non-hydrogen) atoms. The molecule has 1 heterocycles. The maximum Gasteiger partial charge on any atom is 0.279 e. The zero-order chi connectivity index (χ0) is 15.6. The molecule has 1 aromatic heterocycles. The van der Waals surface area contributed by atoms with Gasteiger partial charge in [-0.1, -0.05) is 19.1 Å². The van der Waals surface area contributed by atoms with E-state index in [0.29, 0.717) is 28.0 Å². The van der Waals surface area contributed by atoms with Gasteiger partial charge >= 0.3 is 0 Å². The first-order valence-electron chi connectivity index (χ1n) is 5.99. The van der Waals surface area contributed by atoms with Gasteiger partial charge in [0.05, 0.1) is 11.9 Å². The van der Waals surface area contributed by atoms with Crippen molar-refractivity contribution in [2.75, 3.05) is 4.72 Å². The summed E-state index contributed by atoms with van der Waals surface area (Å²) in [4.78, 5) is 6.98. The van der Waals surface area contributed by atoms with E-state index >= 15 is 0 Å². The van der Waals surface area contributed by atoms with E-state index in [4.69, 9.17) is 18.0 Å². The number of hydrogen-bond acceptors (Lipinski definition) is 4. The molecule has 0 spiro atoms. The molecule has 0 aliphatic rings. The fourth-order valence-electron chi connectivity index (χ4n) is 1.61. The number of sulfonamides is 1. The maximum absolute atomic E-state index is 12.2. The molecule has 2 rings (SSSR count). The standard InChI is InChI=1S/C12H13BrN4O2S2/c1-2-10-15-6-11(16-10)21(18,19)17-9-4-3-7(12(14)20)5-8(9)13/h3-6,17H,2H2,1H3,(H2,14,20)(H,15,16). The minimum Gasteiger partial charge on any atom is -0.389 e. The highest BCUT2D eigenvalue weighted by Crippen LogP contribution is 2.26. The Balaban J connectivity index is 2.30. The minimum absolute atomic E-state index is 0.0182. The number of halogens is 1. The number of aromatic nitrogens is 2. The Bertz CT molecular complexity index is 786. The molecule has 112 valence electrons. The molecule has 0 atom stereocenters. The number of imidazole rings is 1. The van der Waals surface area contributed by atoms with E-state index in [0.717, 1.165) is 0 Å². The number of nitrogens with two attached hydrogens (primary N) is 1. The van der Waals surface area contributed by atoms with E-state index in [1.54, 1.807) is 18.2 Å². The third-order valence-electron chi connectivity index (χ3n) is 2.73. The SMILES string of the molecule is CCc1ncc(S(=O)(=O)Nc2ccc(C(N)=S)cc2Br)[nH]1. The van der Waals surface area contributed by atoms with Gasteiger partial charge in [-0.15, -0.1) is 0 Å². The van der Waals surface area contributed by atoms with E-state index in [9.17, 15) is 8.42 Å². The van der Waals surface area contributed by atoms with Crippen molar-refractivity contribution in [1.82, 2.24) is 9.97 Å².